The first kappa shape index (κ1) is 26.8. The summed E-state index contributed by atoms with van der Waals surface area (Å²) in [4.78, 5) is 70.0. The van der Waals surface area contributed by atoms with Crippen molar-refractivity contribution in [3.63, 3.8) is 0 Å². The van der Waals surface area contributed by atoms with Gasteiger partial charge in [0.05, 0.1) is 18.9 Å². The van der Waals surface area contributed by atoms with Gasteiger partial charge >= 0.3 is 5.97 Å². The second-order valence-electron chi connectivity index (χ2n) is 7.27. The Morgan fingerprint density at radius 1 is 0.767 bits per heavy atom. The molecule has 0 aromatic carbocycles. The predicted octanol–water partition coefficient (Wildman–Crippen LogP) is -3.33. The Balaban J connectivity index is 5.13. The fraction of sp³-hybridized carbons (Fsp3) is 0.647. The number of primary amides is 2. The Morgan fingerprint density at radius 2 is 1.27 bits per heavy atom. The zero-order valence-corrected chi connectivity index (χ0v) is 17.1. The number of nitrogens with one attached hydrogen (secondary N) is 3. The zero-order chi connectivity index (χ0) is 23.6. The van der Waals surface area contributed by atoms with Gasteiger partial charge in [-0.25, -0.2) is 4.79 Å². The van der Waals surface area contributed by atoms with Crippen molar-refractivity contribution in [3.8, 4) is 0 Å². The lowest BCUT2D eigenvalue weighted by Gasteiger charge is -2.23. The lowest BCUT2D eigenvalue weighted by Crippen LogP contribution is -2.57. The molecule has 170 valence electrons. The SMILES string of the molecule is CC(C)CC(NC(=O)C(CC(N)=O)NC(=O)C(C)NC(=O)C(N)CC(N)=O)C(=O)O. The van der Waals surface area contributed by atoms with E-state index in [1.54, 1.807) is 13.8 Å². The summed E-state index contributed by atoms with van der Waals surface area (Å²) in [6.07, 6.45) is -0.894. The molecule has 0 aliphatic heterocycles. The van der Waals surface area contributed by atoms with Crippen LogP contribution >= 0.6 is 0 Å². The second-order valence-corrected chi connectivity index (χ2v) is 7.27. The molecule has 0 saturated heterocycles. The number of rotatable bonds is 13. The molecule has 0 radical (unpaired) electrons. The highest BCUT2D eigenvalue weighted by atomic mass is 16.4. The van der Waals surface area contributed by atoms with Crippen molar-refractivity contribution in [1.82, 2.24) is 16.0 Å². The summed E-state index contributed by atoms with van der Waals surface area (Å²) in [7, 11) is 0. The molecule has 0 aromatic rings. The third-order valence-electron chi connectivity index (χ3n) is 3.87. The van der Waals surface area contributed by atoms with E-state index in [9.17, 15) is 33.9 Å². The molecule has 13 heteroatoms. The van der Waals surface area contributed by atoms with Crippen molar-refractivity contribution in [1.29, 1.82) is 0 Å². The van der Waals surface area contributed by atoms with E-state index >= 15 is 0 Å². The summed E-state index contributed by atoms with van der Waals surface area (Å²) in [5.41, 5.74) is 15.5. The molecule has 0 aliphatic carbocycles. The van der Waals surface area contributed by atoms with Gasteiger partial charge in [0, 0.05) is 0 Å². The average molecular weight is 430 g/mol. The van der Waals surface area contributed by atoms with Gasteiger partial charge in [-0.1, -0.05) is 13.8 Å². The van der Waals surface area contributed by atoms with Crippen LogP contribution in [0.15, 0.2) is 0 Å². The molecule has 0 rings (SSSR count). The van der Waals surface area contributed by atoms with Crippen LogP contribution in [-0.4, -0.2) is 64.8 Å². The molecule has 0 saturated carbocycles. The van der Waals surface area contributed by atoms with Crippen molar-refractivity contribution >= 4 is 35.5 Å². The average Bonchev–Trinajstić information content (AvgIpc) is 2.58. The fourth-order valence-corrected chi connectivity index (χ4v) is 2.37. The number of amides is 5. The lowest BCUT2D eigenvalue weighted by atomic mass is 10.0. The summed E-state index contributed by atoms with van der Waals surface area (Å²) in [6, 6.07) is -5.14. The van der Waals surface area contributed by atoms with E-state index < -0.39 is 72.5 Å². The lowest BCUT2D eigenvalue weighted by molar-refractivity contribution is -0.143. The third kappa shape index (κ3) is 10.4. The smallest absolute Gasteiger partial charge is 0.326 e. The molecule has 5 amide bonds. The molecule has 0 spiro atoms. The van der Waals surface area contributed by atoms with Crippen LogP contribution in [0.1, 0.15) is 40.0 Å². The maximum atomic E-state index is 12.4. The van der Waals surface area contributed by atoms with Gasteiger partial charge in [0.25, 0.3) is 0 Å². The number of hydrogen-bond donors (Lipinski definition) is 7. The maximum Gasteiger partial charge on any atom is 0.326 e. The van der Waals surface area contributed by atoms with Crippen molar-refractivity contribution < 1.29 is 33.9 Å². The molecule has 0 aromatic heterocycles. The number of aliphatic carboxylic acids is 1. The molecule has 13 nitrogen and oxygen atoms in total. The first-order valence-electron chi connectivity index (χ1n) is 9.20. The van der Waals surface area contributed by atoms with E-state index in [4.69, 9.17) is 17.2 Å². The Hall–Kier alpha value is -3.22. The number of nitrogens with two attached hydrogens (primary N) is 3. The van der Waals surface area contributed by atoms with Crippen LogP contribution in [0.2, 0.25) is 0 Å². The minimum Gasteiger partial charge on any atom is -0.480 e. The molecule has 10 N–H and O–H groups in total. The van der Waals surface area contributed by atoms with Crippen LogP contribution in [0, 0.1) is 5.92 Å². The molecular weight excluding hydrogens is 400 g/mol. The number of carboxylic acids is 1. The van der Waals surface area contributed by atoms with E-state index in [1.165, 1.54) is 6.92 Å². The van der Waals surface area contributed by atoms with Crippen LogP contribution in [-0.2, 0) is 28.8 Å². The van der Waals surface area contributed by atoms with Crippen molar-refractivity contribution in [2.24, 2.45) is 23.1 Å². The molecule has 4 unspecified atom stereocenters. The number of carbonyl (C=O) groups excluding carboxylic acids is 5. The van der Waals surface area contributed by atoms with Crippen LogP contribution < -0.4 is 33.2 Å². The normalized spacial score (nSPS) is 14.7. The third-order valence-corrected chi connectivity index (χ3v) is 3.87. The van der Waals surface area contributed by atoms with Gasteiger partial charge in [-0.2, -0.15) is 0 Å². The van der Waals surface area contributed by atoms with Gasteiger partial charge in [0.1, 0.15) is 18.1 Å². The van der Waals surface area contributed by atoms with Crippen LogP contribution in [0.4, 0.5) is 0 Å². The van der Waals surface area contributed by atoms with Gasteiger partial charge in [-0.3, -0.25) is 24.0 Å². The largest absolute Gasteiger partial charge is 0.480 e. The maximum absolute atomic E-state index is 12.4. The Kier molecular flexibility index (Phi) is 11.0. The van der Waals surface area contributed by atoms with Gasteiger partial charge in [-0.05, 0) is 19.3 Å². The predicted molar refractivity (Wildman–Crippen MR) is 104 cm³/mol. The quantitative estimate of drug-likeness (QED) is 0.155. The summed E-state index contributed by atoms with van der Waals surface area (Å²) in [5, 5.41) is 16.0. The Morgan fingerprint density at radius 3 is 1.70 bits per heavy atom. The molecule has 0 bridgehead atoms. The fourth-order valence-electron chi connectivity index (χ4n) is 2.37. The standard InChI is InChI=1S/C17H30N6O7/c1-7(2)4-11(17(29)30)23-16(28)10(6-13(20)25)22-14(26)8(3)21-15(27)9(18)5-12(19)24/h7-11H,4-6,18H2,1-3H3,(H2,19,24)(H2,20,25)(H,21,27)(H,22,26)(H,23,28)(H,29,30). The van der Waals surface area contributed by atoms with E-state index in [1.807, 2.05) is 0 Å². The Labute approximate surface area is 173 Å². The minimum absolute atomic E-state index is 0.0459. The van der Waals surface area contributed by atoms with Crippen LogP contribution in [0.5, 0.6) is 0 Å². The van der Waals surface area contributed by atoms with Crippen LogP contribution in [0.25, 0.3) is 0 Å². The Bertz CT molecular complexity index is 682. The molecular formula is C17H30N6O7. The summed E-state index contributed by atoms with van der Waals surface area (Å²) >= 11 is 0. The second kappa shape index (κ2) is 12.4. The van der Waals surface area contributed by atoms with Crippen molar-refractivity contribution in [3.05, 3.63) is 0 Å². The van der Waals surface area contributed by atoms with Gasteiger partial charge in [0.2, 0.25) is 29.5 Å². The van der Waals surface area contributed by atoms with Crippen LogP contribution in [0.3, 0.4) is 0 Å². The number of carboxylic acid groups (broad SMARTS) is 1. The van der Waals surface area contributed by atoms with Gasteiger partial charge in [0.15, 0.2) is 0 Å². The summed E-state index contributed by atoms with van der Waals surface area (Å²) < 4.78 is 0. The molecule has 0 aliphatic rings. The molecule has 0 fully saturated rings. The topological polar surface area (TPSA) is 237 Å². The molecule has 30 heavy (non-hydrogen) atoms. The minimum atomic E-state index is -1.46. The number of carbonyl (C=O) groups is 6. The first-order valence-corrected chi connectivity index (χ1v) is 9.20. The summed E-state index contributed by atoms with van der Waals surface area (Å²) in [5.74, 6) is -5.63. The van der Waals surface area contributed by atoms with Crippen molar-refractivity contribution in [2.45, 2.75) is 64.2 Å². The van der Waals surface area contributed by atoms with Gasteiger partial charge < -0.3 is 38.3 Å². The van der Waals surface area contributed by atoms with E-state index in [-0.39, 0.29) is 12.3 Å². The zero-order valence-electron chi connectivity index (χ0n) is 17.1. The van der Waals surface area contributed by atoms with E-state index in [0.717, 1.165) is 0 Å². The van der Waals surface area contributed by atoms with E-state index in [0.29, 0.717) is 0 Å². The van der Waals surface area contributed by atoms with Crippen molar-refractivity contribution in [2.75, 3.05) is 0 Å². The summed E-state index contributed by atoms with van der Waals surface area (Å²) in [6.45, 7) is 4.80. The first-order chi connectivity index (χ1) is 13.7. The monoisotopic (exact) mass is 430 g/mol. The number of hydrogen-bond acceptors (Lipinski definition) is 7. The highest BCUT2D eigenvalue weighted by Gasteiger charge is 2.30. The highest BCUT2D eigenvalue weighted by molar-refractivity contribution is 5.96. The molecule has 4 atom stereocenters. The highest BCUT2D eigenvalue weighted by Crippen LogP contribution is 2.06. The van der Waals surface area contributed by atoms with E-state index in [2.05, 4.69) is 16.0 Å². The van der Waals surface area contributed by atoms with Gasteiger partial charge in [-0.15, -0.1) is 0 Å². The molecule has 0 heterocycles.